The van der Waals surface area contributed by atoms with Gasteiger partial charge in [0.05, 0.1) is 57.5 Å². The van der Waals surface area contributed by atoms with Gasteiger partial charge in [-0.1, -0.05) is 27.7 Å². The minimum atomic E-state index is -1.27. The Kier molecular flexibility index (Phi) is 10.6. The van der Waals surface area contributed by atoms with Gasteiger partial charge in [0.1, 0.15) is 59.2 Å². The minimum Gasteiger partial charge on any atom is -0.483 e. The highest BCUT2D eigenvalue weighted by Gasteiger charge is 2.43. The molecular formula is C38H46F2N8O8. The van der Waals surface area contributed by atoms with Crippen LogP contribution in [0, 0.1) is 11.8 Å². The van der Waals surface area contributed by atoms with Gasteiger partial charge in [-0.3, -0.25) is 9.59 Å². The Bertz CT molecular complexity index is 2070. The van der Waals surface area contributed by atoms with E-state index in [9.17, 15) is 28.0 Å². The molecular weight excluding hydrogens is 734 g/mol. The van der Waals surface area contributed by atoms with Crippen LogP contribution < -0.4 is 15.4 Å². The number of hydrogen-bond donors (Lipinski definition) is 4. The van der Waals surface area contributed by atoms with Gasteiger partial charge in [0, 0.05) is 30.2 Å². The number of alkyl carbamates (subject to hydrolysis) is 2. The Morgan fingerprint density at radius 2 is 1.38 bits per heavy atom. The molecule has 2 saturated heterocycles. The SMILES string of the molecule is COC(=O)NC(C(=O)N1CC(F)CC1c1ncc(-c2cc3cc4c(cc3o2)CC(c2cnc(C3CC(F)CN3C(=O)C(NC(=O)OC)C(C)C)[nH]2)O4)[nH]1)C(C)C. The molecule has 300 valence electrons. The van der Waals surface area contributed by atoms with E-state index in [4.69, 9.17) is 13.9 Å². The van der Waals surface area contributed by atoms with Crippen LogP contribution in [0.1, 0.15) is 81.6 Å². The second-order valence-electron chi connectivity index (χ2n) is 15.2. The number of likely N-dealkylation sites (tertiary alicyclic amines) is 2. The first-order chi connectivity index (χ1) is 26.7. The van der Waals surface area contributed by atoms with E-state index >= 15 is 0 Å². The smallest absolute Gasteiger partial charge is 0.407 e. The summed E-state index contributed by atoms with van der Waals surface area (Å²) in [7, 11) is 2.43. The van der Waals surface area contributed by atoms with Crippen LogP contribution in [0.3, 0.4) is 0 Å². The van der Waals surface area contributed by atoms with Gasteiger partial charge in [-0.2, -0.15) is 0 Å². The highest BCUT2D eigenvalue weighted by Crippen LogP contribution is 2.42. The number of aromatic nitrogens is 4. The number of carbonyl (C=O) groups is 4. The fourth-order valence-electron chi connectivity index (χ4n) is 7.73. The molecule has 56 heavy (non-hydrogen) atoms. The molecule has 7 rings (SSSR count). The summed E-state index contributed by atoms with van der Waals surface area (Å²) in [5.74, 6) is 0.586. The largest absolute Gasteiger partial charge is 0.483 e. The molecule has 0 bridgehead atoms. The average molecular weight is 781 g/mol. The van der Waals surface area contributed by atoms with Gasteiger partial charge < -0.3 is 49.0 Å². The lowest BCUT2D eigenvalue weighted by Gasteiger charge is -2.29. The van der Waals surface area contributed by atoms with Crippen LogP contribution in [-0.2, 0) is 25.5 Å². The normalized spacial score (nSPS) is 23.0. The zero-order valence-electron chi connectivity index (χ0n) is 31.9. The Labute approximate surface area is 321 Å². The highest BCUT2D eigenvalue weighted by molar-refractivity contribution is 5.88. The van der Waals surface area contributed by atoms with Crippen molar-refractivity contribution >= 4 is 35.0 Å². The van der Waals surface area contributed by atoms with Crippen LogP contribution >= 0.6 is 0 Å². The Morgan fingerprint density at radius 3 is 1.93 bits per heavy atom. The van der Waals surface area contributed by atoms with E-state index in [2.05, 4.69) is 35.3 Å². The summed E-state index contributed by atoms with van der Waals surface area (Å²) in [6, 6.07) is 2.48. The molecule has 0 aliphatic carbocycles. The van der Waals surface area contributed by atoms with Crippen LogP contribution in [0.2, 0.25) is 0 Å². The summed E-state index contributed by atoms with van der Waals surface area (Å²) in [4.78, 5) is 69.3. The van der Waals surface area contributed by atoms with Crippen molar-refractivity contribution in [2.24, 2.45) is 11.8 Å². The van der Waals surface area contributed by atoms with E-state index < -0.39 is 66.6 Å². The highest BCUT2D eigenvalue weighted by atomic mass is 19.1. The van der Waals surface area contributed by atoms with Crippen LogP contribution in [0.15, 0.2) is 35.0 Å². The molecule has 3 aliphatic rings. The number of hydrogen-bond acceptors (Lipinski definition) is 10. The quantitative estimate of drug-likeness (QED) is 0.166. The number of carbonyl (C=O) groups excluding carboxylic acids is 4. The lowest BCUT2D eigenvalue weighted by molar-refractivity contribution is -0.136. The molecule has 7 unspecified atom stereocenters. The molecule has 0 saturated carbocycles. The molecule has 16 nitrogen and oxygen atoms in total. The molecule has 4 aromatic rings. The molecule has 3 aromatic heterocycles. The zero-order valence-corrected chi connectivity index (χ0v) is 31.9. The van der Waals surface area contributed by atoms with Gasteiger partial charge in [0.2, 0.25) is 11.8 Å². The number of amides is 4. The third-order valence-electron chi connectivity index (χ3n) is 10.7. The van der Waals surface area contributed by atoms with Crippen molar-refractivity contribution < 1.29 is 46.6 Å². The van der Waals surface area contributed by atoms with Gasteiger partial charge >= 0.3 is 12.2 Å². The zero-order chi connectivity index (χ0) is 40.0. The second kappa shape index (κ2) is 15.5. The number of benzene rings is 1. The van der Waals surface area contributed by atoms with Crippen LogP contribution in [-0.4, -0.2) is 105 Å². The fourth-order valence-corrected chi connectivity index (χ4v) is 7.73. The Hall–Kier alpha value is -5.68. The van der Waals surface area contributed by atoms with Crippen molar-refractivity contribution in [1.82, 2.24) is 40.4 Å². The van der Waals surface area contributed by atoms with Gasteiger partial charge in [0.15, 0.2) is 5.76 Å². The van der Waals surface area contributed by atoms with E-state index in [0.717, 1.165) is 10.9 Å². The Morgan fingerprint density at radius 1 is 0.821 bits per heavy atom. The Balaban J connectivity index is 1.04. The molecule has 6 heterocycles. The average Bonchev–Trinajstić information content (AvgIpc) is 4.01. The number of methoxy groups -OCH3 is 2. The van der Waals surface area contributed by atoms with Crippen LogP contribution in [0.5, 0.6) is 5.75 Å². The number of alkyl halides is 2. The van der Waals surface area contributed by atoms with Gasteiger partial charge in [0.25, 0.3) is 0 Å². The maximum Gasteiger partial charge on any atom is 0.407 e. The summed E-state index contributed by atoms with van der Waals surface area (Å²) >= 11 is 0. The van der Waals surface area contributed by atoms with Crippen LogP contribution in [0.25, 0.3) is 22.4 Å². The van der Waals surface area contributed by atoms with E-state index in [-0.39, 0.29) is 37.8 Å². The molecule has 0 spiro atoms. The molecule has 4 N–H and O–H groups in total. The predicted octanol–water partition coefficient (Wildman–Crippen LogP) is 5.21. The third kappa shape index (κ3) is 7.47. The van der Waals surface area contributed by atoms with Crippen molar-refractivity contribution in [2.75, 3.05) is 27.3 Å². The van der Waals surface area contributed by atoms with Crippen molar-refractivity contribution in [3.63, 3.8) is 0 Å². The van der Waals surface area contributed by atoms with E-state index in [1.165, 1.54) is 24.0 Å². The number of H-pyrrole nitrogens is 2. The van der Waals surface area contributed by atoms with Crippen molar-refractivity contribution in [2.45, 2.75) is 89.6 Å². The summed E-state index contributed by atoms with van der Waals surface area (Å²) in [6.07, 6.45) is -0.623. The fraction of sp³-hybridized carbons (Fsp3) is 0.526. The number of nitrogens with one attached hydrogen (secondary N) is 4. The van der Waals surface area contributed by atoms with Crippen molar-refractivity contribution in [3.8, 4) is 17.2 Å². The number of fused-ring (bicyclic) bond motifs is 2. The molecule has 2 fully saturated rings. The van der Waals surface area contributed by atoms with Crippen LogP contribution in [0.4, 0.5) is 18.4 Å². The molecule has 7 atom stereocenters. The number of furan rings is 1. The number of halogens is 2. The molecule has 4 amide bonds. The van der Waals surface area contributed by atoms with Crippen molar-refractivity contribution in [3.05, 3.63) is 53.5 Å². The van der Waals surface area contributed by atoms with E-state index in [1.807, 2.05) is 18.2 Å². The first-order valence-electron chi connectivity index (χ1n) is 18.7. The van der Waals surface area contributed by atoms with E-state index in [0.29, 0.717) is 46.6 Å². The predicted molar refractivity (Wildman–Crippen MR) is 196 cm³/mol. The molecule has 1 aromatic carbocycles. The molecule has 3 aliphatic heterocycles. The summed E-state index contributed by atoms with van der Waals surface area (Å²) in [5, 5.41) is 5.90. The summed E-state index contributed by atoms with van der Waals surface area (Å²) < 4.78 is 51.5. The number of aromatic amines is 2. The lowest BCUT2D eigenvalue weighted by Crippen LogP contribution is -2.51. The van der Waals surface area contributed by atoms with Gasteiger partial charge in [-0.25, -0.2) is 28.3 Å². The minimum absolute atomic E-state index is 0.0471. The number of rotatable bonds is 10. The topological polar surface area (TPSA) is 197 Å². The van der Waals surface area contributed by atoms with E-state index in [1.54, 1.807) is 40.1 Å². The summed E-state index contributed by atoms with van der Waals surface area (Å²) in [5.41, 5.74) is 2.71. The monoisotopic (exact) mass is 780 g/mol. The second-order valence-corrected chi connectivity index (χ2v) is 15.2. The maximum absolute atomic E-state index is 14.8. The first-order valence-corrected chi connectivity index (χ1v) is 18.7. The lowest BCUT2D eigenvalue weighted by atomic mass is 10.0. The maximum atomic E-state index is 14.8. The summed E-state index contributed by atoms with van der Waals surface area (Å²) in [6.45, 7) is 6.90. The van der Waals surface area contributed by atoms with Gasteiger partial charge in [-0.05, 0) is 30.0 Å². The van der Waals surface area contributed by atoms with Gasteiger partial charge in [-0.15, -0.1) is 0 Å². The first kappa shape index (κ1) is 38.6. The van der Waals surface area contributed by atoms with Crippen molar-refractivity contribution in [1.29, 1.82) is 0 Å². The third-order valence-corrected chi connectivity index (χ3v) is 10.7. The number of nitrogens with zero attached hydrogens (tertiary/aromatic N) is 4. The molecule has 0 radical (unpaired) electrons. The standard InChI is InChI=1S/C38H46F2N8O8/c1-17(2)31(45-37(51)53-5)35(49)47-15-21(39)11-25(47)33-41-13-23(43-33)29-9-19-7-28-20(8-27(19)55-29)10-30(56-28)24-14-42-34(44-24)26-12-22(40)16-48(26)36(50)32(18(3)4)46-38(52)54-6/h7-9,13-14,17-18,21-22,25-26,30-32H,10-12,15-16H2,1-6H3,(H,41,43)(H,42,44)(H,45,51)(H,46,52). The number of ether oxygens (including phenoxy) is 3. The number of imidazole rings is 2. The molecule has 18 heteroatoms.